The van der Waals surface area contributed by atoms with Gasteiger partial charge in [-0.25, -0.2) is 13.2 Å². The van der Waals surface area contributed by atoms with E-state index in [0.717, 1.165) is 0 Å². The number of hydrogen-bond donors (Lipinski definition) is 0. The maximum atomic E-state index is 10.9. The van der Waals surface area contributed by atoms with Crippen LogP contribution >= 0.6 is 0 Å². The summed E-state index contributed by atoms with van der Waals surface area (Å²) in [6.07, 6.45) is -0.522. The summed E-state index contributed by atoms with van der Waals surface area (Å²) in [6.45, 7) is 1.48. The van der Waals surface area contributed by atoms with Crippen LogP contribution in [0.15, 0.2) is 0 Å². The highest BCUT2D eigenvalue weighted by atomic mass is 32.2. The number of carbonyl (C=O) groups excluding carboxylic acids is 1. The normalized spacial score (nSPS) is 11.0. The molecule has 0 aliphatic rings. The van der Waals surface area contributed by atoms with Crippen molar-refractivity contribution in [2.45, 2.75) is 6.92 Å². The Morgan fingerprint density at radius 2 is 1.92 bits per heavy atom. The van der Waals surface area contributed by atoms with Crippen LogP contribution in [-0.2, 0) is 14.6 Å². The van der Waals surface area contributed by atoms with Gasteiger partial charge in [-0.1, -0.05) is 6.92 Å². The van der Waals surface area contributed by atoms with Crippen LogP contribution in [0.5, 0.6) is 0 Å². The monoisotopic (exact) mass is 209 g/mol. The van der Waals surface area contributed by atoms with Crippen molar-refractivity contribution in [2.24, 2.45) is 0 Å². The van der Waals surface area contributed by atoms with Crippen LogP contribution in [0.3, 0.4) is 0 Å². The predicted octanol–water partition coefficient (Wildman–Crippen LogP) is 0.119. The molecule has 0 aromatic rings. The van der Waals surface area contributed by atoms with Crippen molar-refractivity contribution >= 4 is 15.9 Å². The molecule has 78 valence electrons. The van der Waals surface area contributed by atoms with Crippen LogP contribution in [0.4, 0.5) is 4.79 Å². The van der Waals surface area contributed by atoms with Gasteiger partial charge in [-0.2, -0.15) is 0 Å². The molecule has 0 saturated carbocycles. The van der Waals surface area contributed by atoms with Gasteiger partial charge in [0, 0.05) is 19.8 Å². The number of hydrogen-bond acceptors (Lipinski definition) is 4. The first-order valence-electron chi connectivity index (χ1n) is 3.93. The lowest BCUT2D eigenvalue weighted by atomic mass is 10.8. The summed E-state index contributed by atoms with van der Waals surface area (Å²) in [4.78, 5) is 12.1. The lowest BCUT2D eigenvalue weighted by Gasteiger charge is -2.10. The van der Waals surface area contributed by atoms with Crippen molar-refractivity contribution in [2.75, 3.05) is 32.2 Å². The quantitative estimate of drug-likeness (QED) is 0.659. The van der Waals surface area contributed by atoms with E-state index in [0.29, 0.717) is 0 Å². The van der Waals surface area contributed by atoms with E-state index in [4.69, 9.17) is 0 Å². The summed E-state index contributed by atoms with van der Waals surface area (Å²) in [5, 5.41) is 0. The van der Waals surface area contributed by atoms with Crippen molar-refractivity contribution in [1.82, 2.24) is 4.90 Å². The Morgan fingerprint density at radius 1 is 1.38 bits per heavy atom. The molecule has 0 aromatic carbocycles. The predicted molar refractivity (Wildman–Crippen MR) is 49.4 cm³/mol. The Balaban J connectivity index is 3.76. The lowest BCUT2D eigenvalue weighted by Crippen LogP contribution is -2.25. The molecular formula is C7H15NO4S. The van der Waals surface area contributed by atoms with Gasteiger partial charge in [0.25, 0.3) is 0 Å². The molecule has 0 atom stereocenters. The second kappa shape index (κ2) is 5.06. The molecule has 0 fully saturated rings. The van der Waals surface area contributed by atoms with Gasteiger partial charge in [-0.3, -0.25) is 0 Å². The molecule has 0 bridgehead atoms. The number of amides is 1. The molecule has 0 radical (unpaired) electrons. The molecule has 5 nitrogen and oxygen atoms in total. The van der Waals surface area contributed by atoms with E-state index in [1.807, 2.05) is 0 Å². The Labute approximate surface area is 78.6 Å². The second-order valence-electron chi connectivity index (χ2n) is 2.75. The van der Waals surface area contributed by atoms with E-state index in [2.05, 4.69) is 4.74 Å². The van der Waals surface area contributed by atoms with E-state index in [1.165, 1.54) is 19.0 Å². The molecule has 0 aromatic heterocycles. The van der Waals surface area contributed by atoms with Gasteiger partial charge in [0.2, 0.25) is 0 Å². The molecule has 0 saturated heterocycles. The van der Waals surface area contributed by atoms with E-state index in [-0.39, 0.29) is 18.1 Å². The third kappa shape index (κ3) is 5.46. The van der Waals surface area contributed by atoms with Crippen LogP contribution in [0, 0.1) is 0 Å². The summed E-state index contributed by atoms with van der Waals surface area (Å²) in [5.74, 6) is -0.0321. The maximum absolute atomic E-state index is 10.9. The van der Waals surface area contributed by atoms with E-state index in [9.17, 15) is 13.2 Å². The van der Waals surface area contributed by atoms with Crippen LogP contribution in [0.25, 0.3) is 0 Å². The molecule has 13 heavy (non-hydrogen) atoms. The molecule has 0 heterocycles. The Hall–Kier alpha value is -0.780. The highest BCUT2D eigenvalue weighted by molar-refractivity contribution is 7.91. The number of sulfone groups is 1. The first-order chi connectivity index (χ1) is 5.89. The van der Waals surface area contributed by atoms with E-state index in [1.54, 1.807) is 6.92 Å². The fraction of sp³-hybridized carbons (Fsp3) is 0.857. The molecule has 1 amide bonds. The van der Waals surface area contributed by atoms with Gasteiger partial charge in [0.05, 0.1) is 5.75 Å². The smallest absolute Gasteiger partial charge is 0.409 e. The van der Waals surface area contributed by atoms with Crippen molar-refractivity contribution in [3.8, 4) is 0 Å². The fourth-order valence-corrected chi connectivity index (χ4v) is 1.16. The Morgan fingerprint density at radius 3 is 2.31 bits per heavy atom. The molecular weight excluding hydrogens is 194 g/mol. The summed E-state index contributed by atoms with van der Waals surface area (Å²) in [7, 11) is 0.0401. The average Bonchev–Trinajstić information content (AvgIpc) is 2.04. The molecule has 0 aliphatic heterocycles. The molecule has 0 aliphatic carbocycles. The molecule has 0 rings (SSSR count). The van der Waals surface area contributed by atoms with Crippen molar-refractivity contribution in [3.05, 3.63) is 0 Å². The summed E-state index contributed by atoms with van der Waals surface area (Å²) in [6, 6.07) is 0. The third-order valence-corrected chi connectivity index (χ3v) is 3.09. The van der Waals surface area contributed by atoms with Crippen molar-refractivity contribution in [1.29, 1.82) is 0 Å². The minimum absolute atomic E-state index is 0.0759. The number of rotatable bonds is 4. The zero-order valence-corrected chi connectivity index (χ0v) is 8.93. The molecule has 0 unspecified atom stereocenters. The minimum Gasteiger partial charge on any atom is -0.448 e. The third-order valence-electron chi connectivity index (χ3n) is 1.42. The molecule has 0 spiro atoms. The lowest BCUT2D eigenvalue weighted by molar-refractivity contribution is 0.124. The van der Waals surface area contributed by atoms with Gasteiger partial charge < -0.3 is 9.64 Å². The molecule has 6 heteroatoms. The SMILES string of the molecule is CCS(=O)(=O)CCOC(=O)N(C)C. The first kappa shape index (κ1) is 12.2. The van der Waals surface area contributed by atoms with Gasteiger partial charge in [-0.05, 0) is 0 Å². The summed E-state index contributed by atoms with van der Waals surface area (Å²) >= 11 is 0. The largest absolute Gasteiger partial charge is 0.448 e. The minimum atomic E-state index is -3.04. The maximum Gasteiger partial charge on any atom is 0.409 e. The number of ether oxygens (including phenoxy) is 1. The standard InChI is InChI=1S/C7H15NO4S/c1-4-13(10,11)6-5-12-7(9)8(2)3/h4-6H2,1-3H3. The number of carbonyl (C=O) groups is 1. The van der Waals surface area contributed by atoms with Crippen LogP contribution in [-0.4, -0.2) is 51.6 Å². The van der Waals surface area contributed by atoms with Crippen molar-refractivity contribution in [3.63, 3.8) is 0 Å². The summed E-state index contributed by atoms with van der Waals surface area (Å²) in [5.41, 5.74) is 0. The molecule has 0 N–H and O–H groups in total. The average molecular weight is 209 g/mol. The Kier molecular flexibility index (Phi) is 4.76. The van der Waals surface area contributed by atoms with E-state index < -0.39 is 15.9 Å². The highest BCUT2D eigenvalue weighted by Gasteiger charge is 2.10. The van der Waals surface area contributed by atoms with Crippen LogP contribution < -0.4 is 0 Å². The van der Waals surface area contributed by atoms with Crippen LogP contribution in [0.2, 0.25) is 0 Å². The topological polar surface area (TPSA) is 63.7 Å². The van der Waals surface area contributed by atoms with Crippen LogP contribution in [0.1, 0.15) is 6.92 Å². The first-order valence-corrected chi connectivity index (χ1v) is 5.75. The zero-order chi connectivity index (χ0) is 10.5. The van der Waals surface area contributed by atoms with Gasteiger partial charge in [0.15, 0.2) is 9.84 Å². The number of nitrogens with zero attached hydrogens (tertiary/aromatic N) is 1. The fourth-order valence-electron chi connectivity index (χ4n) is 0.529. The van der Waals surface area contributed by atoms with Gasteiger partial charge in [-0.15, -0.1) is 0 Å². The van der Waals surface area contributed by atoms with Gasteiger partial charge >= 0.3 is 6.09 Å². The summed E-state index contributed by atoms with van der Waals surface area (Å²) < 4.78 is 26.5. The second-order valence-corrected chi connectivity index (χ2v) is 5.22. The highest BCUT2D eigenvalue weighted by Crippen LogP contribution is 1.91. The zero-order valence-electron chi connectivity index (χ0n) is 8.11. The van der Waals surface area contributed by atoms with Crippen molar-refractivity contribution < 1.29 is 17.9 Å². The Bertz CT molecular complexity index is 258. The van der Waals surface area contributed by atoms with Gasteiger partial charge in [0.1, 0.15) is 6.61 Å². The van der Waals surface area contributed by atoms with E-state index >= 15 is 0 Å².